The van der Waals surface area contributed by atoms with Crippen LogP contribution in [0.5, 0.6) is 5.75 Å². The van der Waals surface area contributed by atoms with E-state index in [4.69, 9.17) is 9.84 Å². The predicted molar refractivity (Wildman–Crippen MR) is 79.7 cm³/mol. The molecule has 1 aromatic carbocycles. The van der Waals surface area contributed by atoms with Gasteiger partial charge in [-0.25, -0.2) is 0 Å². The van der Waals surface area contributed by atoms with E-state index in [1.165, 1.54) is 11.1 Å². The van der Waals surface area contributed by atoms with E-state index in [0.29, 0.717) is 0 Å². The summed E-state index contributed by atoms with van der Waals surface area (Å²) in [6, 6.07) is 0. The molecule has 2 N–H and O–H groups in total. The third-order valence-electron chi connectivity index (χ3n) is 3.25. The first-order valence-corrected chi connectivity index (χ1v) is 7.01. The van der Waals surface area contributed by atoms with Crippen LogP contribution in [0.4, 0.5) is 5.69 Å². The van der Waals surface area contributed by atoms with Crippen molar-refractivity contribution in [3.05, 3.63) is 21.2 Å². The van der Waals surface area contributed by atoms with E-state index in [9.17, 15) is 0 Å². The van der Waals surface area contributed by atoms with Gasteiger partial charge in [0.1, 0.15) is 5.75 Å². The molecule has 1 rings (SSSR count). The number of aliphatic hydroxyl groups is 1. The van der Waals surface area contributed by atoms with Crippen molar-refractivity contribution in [1.82, 2.24) is 0 Å². The quantitative estimate of drug-likeness (QED) is 0.789. The summed E-state index contributed by atoms with van der Waals surface area (Å²) in [6.07, 6.45) is 1.77. The van der Waals surface area contributed by atoms with E-state index in [2.05, 4.69) is 42.0 Å². The Balaban J connectivity index is 3.01. The maximum atomic E-state index is 8.78. The summed E-state index contributed by atoms with van der Waals surface area (Å²) in [7, 11) is 1.70. The van der Waals surface area contributed by atoms with Gasteiger partial charge in [0.05, 0.1) is 12.8 Å². The van der Waals surface area contributed by atoms with Crippen molar-refractivity contribution in [2.45, 2.75) is 33.6 Å². The highest BCUT2D eigenvalue weighted by Gasteiger charge is 2.16. The summed E-state index contributed by atoms with van der Waals surface area (Å²) >= 11 is 3.63. The molecule has 0 heterocycles. The molecule has 4 heteroatoms. The SMILES string of the molecule is COc1c(C)c(C)c(Br)c(C)c1NCCCCO. The van der Waals surface area contributed by atoms with Crippen LogP contribution in [-0.4, -0.2) is 25.4 Å². The lowest BCUT2D eigenvalue weighted by Gasteiger charge is -2.20. The van der Waals surface area contributed by atoms with Crippen molar-refractivity contribution in [1.29, 1.82) is 0 Å². The number of benzene rings is 1. The van der Waals surface area contributed by atoms with Crippen LogP contribution >= 0.6 is 15.9 Å². The first-order chi connectivity index (χ1) is 8.54. The minimum absolute atomic E-state index is 0.244. The Morgan fingerprint density at radius 2 is 1.78 bits per heavy atom. The zero-order chi connectivity index (χ0) is 13.7. The third kappa shape index (κ3) is 3.18. The minimum Gasteiger partial charge on any atom is -0.494 e. The molecular formula is C14H22BrNO2. The normalized spacial score (nSPS) is 10.6. The van der Waals surface area contributed by atoms with Gasteiger partial charge in [-0.15, -0.1) is 0 Å². The fourth-order valence-corrected chi connectivity index (χ4v) is 2.50. The summed E-state index contributed by atoms with van der Waals surface area (Å²) in [6.45, 7) is 7.32. The second-order valence-corrected chi connectivity index (χ2v) is 5.25. The predicted octanol–water partition coefficient (Wildman–Crippen LogP) is 3.57. The number of nitrogens with one attached hydrogen (secondary N) is 1. The van der Waals surface area contributed by atoms with Gasteiger partial charge < -0.3 is 15.2 Å². The van der Waals surface area contributed by atoms with Crippen molar-refractivity contribution in [2.24, 2.45) is 0 Å². The highest BCUT2D eigenvalue weighted by atomic mass is 79.9. The number of anilines is 1. The molecule has 102 valence electrons. The van der Waals surface area contributed by atoms with Crippen molar-refractivity contribution in [2.75, 3.05) is 25.6 Å². The van der Waals surface area contributed by atoms with Gasteiger partial charge >= 0.3 is 0 Å². The monoisotopic (exact) mass is 315 g/mol. The maximum absolute atomic E-state index is 8.78. The Kier molecular flexibility index (Phi) is 5.96. The van der Waals surface area contributed by atoms with Crippen LogP contribution in [0, 0.1) is 20.8 Å². The van der Waals surface area contributed by atoms with Crippen molar-refractivity contribution in [3.8, 4) is 5.75 Å². The average Bonchev–Trinajstić information content (AvgIpc) is 2.38. The molecule has 0 saturated carbocycles. The number of hydrogen-bond donors (Lipinski definition) is 2. The van der Waals surface area contributed by atoms with E-state index in [1.807, 2.05) is 0 Å². The third-order valence-corrected chi connectivity index (χ3v) is 4.44. The van der Waals surface area contributed by atoms with Crippen LogP contribution in [-0.2, 0) is 0 Å². The van der Waals surface area contributed by atoms with Gasteiger partial charge in [-0.05, 0) is 50.3 Å². The first kappa shape index (κ1) is 15.3. The van der Waals surface area contributed by atoms with E-state index in [-0.39, 0.29) is 6.61 Å². The van der Waals surface area contributed by atoms with Gasteiger partial charge in [0.2, 0.25) is 0 Å². The lowest BCUT2D eigenvalue weighted by molar-refractivity contribution is 0.286. The number of methoxy groups -OCH3 is 1. The first-order valence-electron chi connectivity index (χ1n) is 6.22. The topological polar surface area (TPSA) is 41.5 Å². The summed E-state index contributed by atoms with van der Waals surface area (Å²) in [5.41, 5.74) is 4.58. The molecule has 0 bridgehead atoms. The number of halogens is 1. The van der Waals surface area contributed by atoms with Crippen LogP contribution in [0.3, 0.4) is 0 Å². The standard InChI is InChI=1S/C14H22BrNO2/c1-9-10(2)14(18-4)13(11(3)12(9)15)16-7-5-6-8-17/h16-17H,5-8H2,1-4H3. The Morgan fingerprint density at radius 3 is 2.33 bits per heavy atom. The van der Waals surface area contributed by atoms with Crippen LogP contribution in [0.15, 0.2) is 4.47 Å². The maximum Gasteiger partial charge on any atom is 0.145 e. The molecule has 0 aliphatic rings. The molecule has 0 aliphatic carbocycles. The van der Waals surface area contributed by atoms with Crippen LogP contribution in [0.2, 0.25) is 0 Å². The number of ether oxygens (including phenoxy) is 1. The molecule has 0 aliphatic heterocycles. The zero-order valence-corrected chi connectivity index (χ0v) is 13.1. The molecule has 0 radical (unpaired) electrons. The minimum atomic E-state index is 0.244. The second kappa shape index (κ2) is 7.00. The molecule has 1 aromatic rings. The summed E-state index contributed by atoms with van der Waals surface area (Å²) in [5, 5.41) is 12.2. The Bertz CT molecular complexity index is 419. The largest absolute Gasteiger partial charge is 0.494 e. The van der Waals surface area contributed by atoms with E-state index < -0.39 is 0 Å². The van der Waals surface area contributed by atoms with Crippen molar-refractivity contribution in [3.63, 3.8) is 0 Å². The Morgan fingerprint density at radius 1 is 1.11 bits per heavy atom. The molecule has 0 fully saturated rings. The molecule has 0 spiro atoms. The van der Waals surface area contributed by atoms with E-state index >= 15 is 0 Å². The van der Waals surface area contributed by atoms with Crippen LogP contribution < -0.4 is 10.1 Å². The van der Waals surface area contributed by atoms with Gasteiger partial charge in [0.25, 0.3) is 0 Å². The summed E-state index contributed by atoms with van der Waals surface area (Å²) < 4.78 is 6.65. The van der Waals surface area contributed by atoms with Gasteiger partial charge in [0, 0.05) is 17.6 Å². The second-order valence-electron chi connectivity index (χ2n) is 4.45. The summed E-state index contributed by atoms with van der Waals surface area (Å²) in [4.78, 5) is 0. The highest BCUT2D eigenvalue weighted by Crippen LogP contribution is 2.39. The van der Waals surface area contributed by atoms with Gasteiger partial charge in [0.15, 0.2) is 0 Å². The molecule has 0 amide bonds. The number of unbranched alkanes of at least 4 members (excludes halogenated alkanes) is 1. The Hall–Kier alpha value is -0.740. The van der Waals surface area contributed by atoms with Gasteiger partial charge in [-0.3, -0.25) is 0 Å². The number of rotatable bonds is 6. The van der Waals surface area contributed by atoms with Crippen LogP contribution in [0.1, 0.15) is 29.5 Å². The molecule has 0 atom stereocenters. The lowest BCUT2D eigenvalue weighted by Crippen LogP contribution is -2.08. The average molecular weight is 316 g/mol. The number of hydrogen-bond acceptors (Lipinski definition) is 3. The molecule has 3 nitrogen and oxygen atoms in total. The molecular weight excluding hydrogens is 294 g/mol. The highest BCUT2D eigenvalue weighted by molar-refractivity contribution is 9.10. The fraction of sp³-hybridized carbons (Fsp3) is 0.571. The van der Waals surface area contributed by atoms with Crippen LogP contribution in [0.25, 0.3) is 0 Å². The number of aliphatic hydroxyl groups excluding tert-OH is 1. The van der Waals surface area contributed by atoms with Gasteiger partial charge in [-0.2, -0.15) is 0 Å². The van der Waals surface area contributed by atoms with E-state index in [1.54, 1.807) is 7.11 Å². The smallest absolute Gasteiger partial charge is 0.145 e. The zero-order valence-electron chi connectivity index (χ0n) is 11.6. The summed E-state index contributed by atoms with van der Waals surface area (Å²) in [5.74, 6) is 0.914. The Labute approximate surface area is 118 Å². The van der Waals surface area contributed by atoms with E-state index in [0.717, 1.165) is 40.9 Å². The lowest BCUT2D eigenvalue weighted by atomic mass is 10.0. The molecule has 0 unspecified atom stereocenters. The molecule has 18 heavy (non-hydrogen) atoms. The van der Waals surface area contributed by atoms with Crippen molar-refractivity contribution >= 4 is 21.6 Å². The fourth-order valence-electron chi connectivity index (χ4n) is 2.00. The molecule has 0 aromatic heterocycles. The van der Waals surface area contributed by atoms with Crippen molar-refractivity contribution < 1.29 is 9.84 Å². The van der Waals surface area contributed by atoms with Gasteiger partial charge in [-0.1, -0.05) is 15.9 Å². The molecule has 0 saturated heterocycles.